The maximum absolute atomic E-state index is 5.56. The molecule has 0 fully saturated rings. The summed E-state index contributed by atoms with van der Waals surface area (Å²) in [4.78, 5) is 0. The van der Waals surface area contributed by atoms with Gasteiger partial charge >= 0.3 is 0 Å². The third-order valence-electron chi connectivity index (χ3n) is 1.34. The van der Waals surface area contributed by atoms with Gasteiger partial charge in [-0.3, -0.25) is 0 Å². The lowest BCUT2D eigenvalue weighted by Crippen LogP contribution is -2.22. The normalized spacial score (nSPS) is 12.8. The van der Waals surface area contributed by atoms with Gasteiger partial charge in [0.15, 0.2) is 0 Å². The summed E-state index contributed by atoms with van der Waals surface area (Å²) in [5, 5.41) is 0. The first-order chi connectivity index (χ1) is 6.51. The van der Waals surface area contributed by atoms with Gasteiger partial charge in [0.2, 0.25) is 0 Å². The van der Waals surface area contributed by atoms with Gasteiger partial charge in [0, 0.05) is 31.2 Å². The van der Waals surface area contributed by atoms with Crippen LogP contribution in [0, 0.1) is 0 Å². The summed E-state index contributed by atoms with van der Waals surface area (Å²) in [7, 11) is 1.41. The summed E-state index contributed by atoms with van der Waals surface area (Å²) >= 11 is 8.77. The average Bonchev–Trinajstić information content (AvgIpc) is 2.04. The summed E-state index contributed by atoms with van der Waals surface area (Å²) < 4.78 is 13.1. The van der Waals surface area contributed by atoms with Crippen LogP contribution < -0.4 is 0 Å². The van der Waals surface area contributed by atoms with Crippen LogP contribution in [0.2, 0.25) is 0 Å². The van der Waals surface area contributed by atoms with Crippen molar-refractivity contribution in [1.29, 1.82) is 0 Å². The molecule has 7 heteroatoms. The lowest BCUT2D eigenvalue weighted by atomic mass is 10.4. The first-order valence-electron chi connectivity index (χ1n) is 4.49. The van der Waals surface area contributed by atoms with Crippen LogP contribution in [0.4, 0.5) is 0 Å². The second-order valence-electron chi connectivity index (χ2n) is 2.77. The molecule has 0 amide bonds. The molecule has 0 aromatic rings. The molecule has 0 radical (unpaired) electrons. The molecular weight excluding hydrogens is 305 g/mol. The molecule has 0 N–H and O–H groups in total. The topological polar surface area (TPSA) is 21.7 Å². The third-order valence-corrected chi connectivity index (χ3v) is 7.98. The Hall–Kier alpha value is 1.36. The van der Waals surface area contributed by atoms with E-state index in [1.165, 1.54) is 10.4 Å². The highest BCUT2D eigenvalue weighted by Crippen LogP contribution is 2.58. The van der Waals surface area contributed by atoms with Gasteiger partial charge in [-0.15, -0.1) is 0 Å². The van der Waals surface area contributed by atoms with Crippen LogP contribution in [0.15, 0.2) is 0 Å². The van der Waals surface area contributed by atoms with Gasteiger partial charge in [-0.05, 0) is 39.5 Å². The van der Waals surface area contributed by atoms with E-state index in [1.54, 1.807) is 0 Å². The Kier molecular flexibility index (Phi) is 8.34. The molecule has 0 aliphatic heterocycles. The molecule has 0 heterocycles. The van der Waals surface area contributed by atoms with E-state index in [9.17, 15) is 0 Å². The first-order valence-corrected chi connectivity index (χ1v) is 9.70. The number of hydrogen-bond donors (Lipinski definition) is 0. The maximum Gasteiger partial charge on any atom is 0.274 e. The summed E-state index contributed by atoms with van der Waals surface area (Å²) in [6.45, 7) is 6.83. The molecule has 0 aromatic carbocycles. The van der Waals surface area contributed by atoms with E-state index in [0.29, 0.717) is 13.2 Å². The fraction of sp³-hybridized carbons (Fsp3) is 1.00. The molecular formula is C7H17BrNO2PS2. The van der Waals surface area contributed by atoms with Crippen LogP contribution in [-0.2, 0) is 20.9 Å². The molecule has 86 valence electrons. The summed E-state index contributed by atoms with van der Waals surface area (Å²) in [6.07, 6.45) is 0. The number of nitrogens with zero attached hydrogens (tertiary/aromatic N) is 1. The van der Waals surface area contributed by atoms with Crippen LogP contribution in [-0.4, -0.2) is 23.3 Å². The number of rotatable bonds is 7. The second kappa shape index (κ2) is 7.60. The fourth-order valence-electron chi connectivity index (χ4n) is 0.878. The Bertz CT molecular complexity index is 196. The minimum atomic E-state index is -2.30. The highest BCUT2D eigenvalue weighted by atomic mass is 79.9. The SMILES string of the molecule is CCOP(=S)(OCC)N(SBr)C(C)C. The highest BCUT2D eigenvalue weighted by molar-refractivity contribution is 9.50. The lowest BCUT2D eigenvalue weighted by molar-refractivity contribution is 0.237. The van der Waals surface area contributed by atoms with Crippen molar-refractivity contribution in [2.45, 2.75) is 33.7 Å². The zero-order valence-corrected chi connectivity index (χ0v) is 13.0. The van der Waals surface area contributed by atoms with Crippen LogP contribution in [0.3, 0.4) is 0 Å². The second-order valence-corrected chi connectivity index (χ2v) is 7.71. The van der Waals surface area contributed by atoms with Crippen molar-refractivity contribution in [3.05, 3.63) is 0 Å². The van der Waals surface area contributed by atoms with Crippen molar-refractivity contribution in [2.75, 3.05) is 13.2 Å². The standard InChI is InChI=1S/C7H17BrNO2PS2/c1-5-10-12(13,11-6-2)9(14-8)7(3)4/h7H,5-6H2,1-4H3. The van der Waals surface area contributed by atoms with Gasteiger partial charge in [-0.1, -0.05) is 0 Å². The molecule has 0 aromatic heterocycles. The van der Waals surface area contributed by atoms with E-state index in [1.807, 2.05) is 17.9 Å². The smallest absolute Gasteiger partial charge is 0.274 e. The fourth-order valence-corrected chi connectivity index (χ4v) is 7.95. The molecule has 0 bridgehead atoms. The number of hydrogen-bond acceptors (Lipinski definition) is 4. The van der Waals surface area contributed by atoms with Crippen LogP contribution in [0.5, 0.6) is 0 Å². The molecule has 0 saturated heterocycles. The molecule has 0 unspecified atom stereocenters. The Balaban J connectivity index is 4.67. The predicted molar refractivity (Wildman–Crippen MR) is 71.0 cm³/mol. The zero-order valence-electron chi connectivity index (χ0n) is 8.90. The minimum absolute atomic E-state index is 0.281. The third kappa shape index (κ3) is 4.47. The van der Waals surface area contributed by atoms with Crippen molar-refractivity contribution >= 4 is 43.6 Å². The van der Waals surface area contributed by atoms with Crippen molar-refractivity contribution in [3.63, 3.8) is 0 Å². The van der Waals surface area contributed by atoms with E-state index in [2.05, 4.69) is 28.7 Å². The largest absolute Gasteiger partial charge is 0.318 e. The molecule has 0 aliphatic carbocycles. The molecule has 3 nitrogen and oxygen atoms in total. The van der Waals surface area contributed by atoms with Gasteiger partial charge in [-0.25, -0.2) is 0 Å². The molecule has 14 heavy (non-hydrogen) atoms. The van der Waals surface area contributed by atoms with Gasteiger partial charge in [0.25, 0.3) is 6.64 Å². The Morgan fingerprint density at radius 1 is 1.36 bits per heavy atom. The van der Waals surface area contributed by atoms with Crippen LogP contribution in [0.1, 0.15) is 27.7 Å². The van der Waals surface area contributed by atoms with Crippen molar-refractivity contribution in [3.8, 4) is 0 Å². The molecule has 0 rings (SSSR count). The van der Waals surface area contributed by atoms with E-state index >= 15 is 0 Å². The van der Waals surface area contributed by atoms with E-state index in [-0.39, 0.29) is 6.04 Å². The average molecular weight is 322 g/mol. The number of halogens is 1. The molecule has 0 aliphatic rings. The predicted octanol–water partition coefficient (Wildman–Crippen LogP) is 3.95. The van der Waals surface area contributed by atoms with E-state index in [0.717, 1.165) is 0 Å². The minimum Gasteiger partial charge on any atom is -0.318 e. The Labute approximate surface area is 103 Å². The van der Waals surface area contributed by atoms with Gasteiger partial charge in [0.1, 0.15) is 0 Å². The maximum atomic E-state index is 5.56. The summed E-state index contributed by atoms with van der Waals surface area (Å²) in [6, 6.07) is 0.281. The van der Waals surface area contributed by atoms with Crippen molar-refractivity contribution in [2.24, 2.45) is 0 Å². The molecule has 0 saturated carbocycles. The van der Waals surface area contributed by atoms with Crippen LogP contribution >= 0.6 is 31.8 Å². The van der Waals surface area contributed by atoms with Gasteiger partial charge < -0.3 is 9.05 Å². The van der Waals surface area contributed by atoms with Gasteiger partial charge in [-0.2, -0.15) is 4.08 Å². The monoisotopic (exact) mass is 321 g/mol. The Morgan fingerprint density at radius 2 is 1.79 bits per heavy atom. The Morgan fingerprint density at radius 3 is 2.00 bits per heavy atom. The quantitative estimate of drug-likeness (QED) is 0.521. The summed E-state index contributed by atoms with van der Waals surface area (Å²) in [5.74, 6) is 0. The van der Waals surface area contributed by atoms with Crippen molar-refractivity contribution < 1.29 is 9.05 Å². The van der Waals surface area contributed by atoms with Gasteiger partial charge in [0.05, 0.1) is 13.2 Å². The first kappa shape index (κ1) is 15.4. The zero-order chi connectivity index (χ0) is 11.2. The summed E-state index contributed by atoms with van der Waals surface area (Å²) in [5.41, 5.74) is 0. The molecule has 0 spiro atoms. The van der Waals surface area contributed by atoms with E-state index < -0.39 is 6.64 Å². The highest BCUT2D eigenvalue weighted by Gasteiger charge is 2.30. The van der Waals surface area contributed by atoms with Crippen LogP contribution in [0.25, 0.3) is 0 Å². The van der Waals surface area contributed by atoms with E-state index in [4.69, 9.17) is 20.9 Å². The lowest BCUT2D eigenvalue weighted by Gasteiger charge is -2.32. The van der Waals surface area contributed by atoms with Crippen molar-refractivity contribution in [1.82, 2.24) is 4.08 Å². The molecule has 0 atom stereocenters.